The highest BCUT2D eigenvalue weighted by atomic mass is 16.5. The molecule has 0 saturated heterocycles. The molecule has 1 aromatic carbocycles. The van der Waals surface area contributed by atoms with Crippen molar-refractivity contribution in [3.8, 4) is 22.9 Å². The number of nitrogens with zero attached hydrogens (tertiary/aromatic N) is 3. The maximum atomic E-state index is 11.7. The number of hydrogen-bond donors (Lipinski definition) is 2. The fraction of sp³-hybridized carbons (Fsp3) is 0.214. The van der Waals surface area contributed by atoms with Gasteiger partial charge in [0.25, 0.3) is 0 Å². The number of nitrogens with one attached hydrogen (secondary N) is 1. The standard InChI is InChI=1S/C28H28N4O3/c1-17-12-20(28(4,5)27(33)34)15-21(13-17)32-25-16-22(9-11-30-25)35-24-14-18(2)19(3)31-26(24)23-8-6-7-10-29-23/h6-16H,1-5H3,(H,30,32)(H,33,34). The van der Waals surface area contributed by atoms with E-state index in [-0.39, 0.29) is 0 Å². The first-order valence-electron chi connectivity index (χ1n) is 11.3. The lowest BCUT2D eigenvalue weighted by Gasteiger charge is -2.21. The van der Waals surface area contributed by atoms with E-state index in [1.807, 2.05) is 63.2 Å². The van der Waals surface area contributed by atoms with E-state index >= 15 is 0 Å². The second-order valence-electron chi connectivity index (χ2n) is 9.07. The molecule has 0 atom stereocenters. The van der Waals surface area contributed by atoms with Crippen LogP contribution in [0.4, 0.5) is 11.5 Å². The molecule has 3 aromatic heterocycles. The number of carbonyl (C=O) groups is 1. The SMILES string of the molecule is Cc1cc(Nc2cc(Oc3cc(C)c(C)nc3-c3ccccn3)ccn2)cc(C(C)(C)C(=O)O)c1. The fourth-order valence-electron chi connectivity index (χ4n) is 3.60. The van der Waals surface area contributed by atoms with E-state index in [9.17, 15) is 9.90 Å². The van der Waals surface area contributed by atoms with Crippen LogP contribution in [0, 0.1) is 20.8 Å². The van der Waals surface area contributed by atoms with E-state index in [1.165, 1.54) is 0 Å². The molecule has 0 unspecified atom stereocenters. The van der Waals surface area contributed by atoms with Crippen LogP contribution < -0.4 is 10.1 Å². The first-order chi connectivity index (χ1) is 16.6. The molecule has 0 aliphatic rings. The number of benzene rings is 1. The fourth-order valence-corrected chi connectivity index (χ4v) is 3.60. The van der Waals surface area contributed by atoms with Crippen molar-refractivity contribution in [1.82, 2.24) is 15.0 Å². The molecule has 7 heteroatoms. The Balaban J connectivity index is 1.64. The third-order valence-corrected chi connectivity index (χ3v) is 5.90. The molecular formula is C28H28N4O3. The molecule has 4 rings (SSSR count). The number of aliphatic carboxylic acids is 1. The Morgan fingerprint density at radius 2 is 1.77 bits per heavy atom. The van der Waals surface area contributed by atoms with Gasteiger partial charge in [0.1, 0.15) is 17.3 Å². The summed E-state index contributed by atoms with van der Waals surface area (Å²) in [6.07, 6.45) is 3.39. The first kappa shape index (κ1) is 23.9. The molecule has 0 spiro atoms. The van der Waals surface area contributed by atoms with Gasteiger partial charge < -0.3 is 15.2 Å². The highest BCUT2D eigenvalue weighted by molar-refractivity contribution is 5.81. The van der Waals surface area contributed by atoms with Crippen LogP contribution >= 0.6 is 0 Å². The van der Waals surface area contributed by atoms with Gasteiger partial charge in [-0.05, 0) is 87.7 Å². The predicted molar refractivity (Wildman–Crippen MR) is 136 cm³/mol. The van der Waals surface area contributed by atoms with Gasteiger partial charge in [-0.2, -0.15) is 0 Å². The van der Waals surface area contributed by atoms with Crippen molar-refractivity contribution in [3.63, 3.8) is 0 Å². The Morgan fingerprint density at radius 1 is 0.971 bits per heavy atom. The highest BCUT2D eigenvalue weighted by Gasteiger charge is 2.29. The number of aryl methyl sites for hydroxylation is 3. The van der Waals surface area contributed by atoms with Crippen LogP contribution in [-0.4, -0.2) is 26.0 Å². The van der Waals surface area contributed by atoms with Gasteiger partial charge in [0.2, 0.25) is 0 Å². The Hall–Kier alpha value is -4.26. The van der Waals surface area contributed by atoms with E-state index in [0.717, 1.165) is 28.2 Å². The smallest absolute Gasteiger partial charge is 0.313 e. The molecule has 0 bridgehead atoms. The van der Waals surface area contributed by atoms with Crippen LogP contribution in [0.3, 0.4) is 0 Å². The van der Waals surface area contributed by atoms with Crippen LogP contribution in [0.2, 0.25) is 0 Å². The number of carboxylic acid groups (broad SMARTS) is 1. The van der Waals surface area contributed by atoms with Crippen LogP contribution in [0.15, 0.2) is 67.0 Å². The second kappa shape index (κ2) is 9.54. The third kappa shape index (κ3) is 5.30. The summed E-state index contributed by atoms with van der Waals surface area (Å²) in [6, 6.07) is 16.9. The number of carboxylic acids is 1. The van der Waals surface area contributed by atoms with Gasteiger partial charge in [0, 0.05) is 29.8 Å². The Kier molecular flexibility index (Phi) is 6.51. The molecule has 178 valence electrons. The lowest BCUT2D eigenvalue weighted by Crippen LogP contribution is -2.28. The van der Waals surface area contributed by atoms with Crippen molar-refractivity contribution < 1.29 is 14.6 Å². The molecule has 0 fully saturated rings. The van der Waals surface area contributed by atoms with Crippen molar-refractivity contribution in [2.75, 3.05) is 5.32 Å². The molecule has 0 radical (unpaired) electrons. The van der Waals surface area contributed by atoms with Crippen molar-refractivity contribution in [1.29, 1.82) is 0 Å². The quantitative estimate of drug-likeness (QED) is 0.326. The van der Waals surface area contributed by atoms with Crippen LogP contribution in [0.25, 0.3) is 11.4 Å². The van der Waals surface area contributed by atoms with Crippen LogP contribution in [0.5, 0.6) is 11.5 Å². The highest BCUT2D eigenvalue weighted by Crippen LogP contribution is 2.34. The summed E-state index contributed by atoms with van der Waals surface area (Å²) in [6.45, 7) is 9.27. The zero-order chi connectivity index (χ0) is 25.2. The molecule has 4 aromatic rings. The summed E-state index contributed by atoms with van der Waals surface area (Å²) in [5.41, 5.74) is 4.72. The maximum Gasteiger partial charge on any atom is 0.313 e. The third-order valence-electron chi connectivity index (χ3n) is 5.90. The Labute approximate surface area is 204 Å². The lowest BCUT2D eigenvalue weighted by molar-refractivity contribution is -0.142. The van der Waals surface area contributed by atoms with Crippen molar-refractivity contribution in [2.24, 2.45) is 0 Å². The average Bonchev–Trinajstić information content (AvgIpc) is 2.81. The molecule has 0 aliphatic carbocycles. The van der Waals surface area contributed by atoms with Gasteiger partial charge >= 0.3 is 5.97 Å². The largest absolute Gasteiger partial charge is 0.481 e. The average molecular weight is 469 g/mol. The van der Waals surface area contributed by atoms with Crippen molar-refractivity contribution >= 4 is 17.5 Å². The summed E-state index contributed by atoms with van der Waals surface area (Å²) in [4.78, 5) is 25.3. The minimum absolute atomic E-state index is 0.573. The van der Waals surface area contributed by atoms with Gasteiger partial charge in [-0.25, -0.2) is 9.97 Å². The van der Waals surface area contributed by atoms with Gasteiger partial charge in [0.15, 0.2) is 5.75 Å². The molecule has 7 nitrogen and oxygen atoms in total. The minimum Gasteiger partial charge on any atom is -0.481 e. The number of pyridine rings is 3. The van der Waals surface area contributed by atoms with E-state index in [0.29, 0.717) is 28.6 Å². The van der Waals surface area contributed by atoms with Crippen molar-refractivity contribution in [2.45, 2.75) is 40.0 Å². The monoisotopic (exact) mass is 468 g/mol. The van der Waals surface area contributed by atoms with E-state index < -0.39 is 11.4 Å². The van der Waals surface area contributed by atoms with E-state index in [1.54, 1.807) is 38.4 Å². The van der Waals surface area contributed by atoms with Gasteiger partial charge in [-0.15, -0.1) is 0 Å². The summed E-state index contributed by atoms with van der Waals surface area (Å²) in [7, 11) is 0. The number of anilines is 2. The normalized spacial score (nSPS) is 11.2. The summed E-state index contributed by atoms with van der Waals surface area (Å²) < 4.78 is 6.25. The molecule has 0 saturated carbocycles. The zero-order valence-corrected chi connectivity index (χ0v) is 20.5. The minimum atomic E-state index is -1.01. The zero-order valence-electron chi connectivity index (χ0n) is 20.5. The van der Waals surface area contributed by atoms with Gasteiger partial charge in [0.05, 0.1) is 11.1 Å². The molecule has 2 N–H and O–H groups in total. The summed E-state index contributed by atoms with van der Waals surface area (Å²) in [5.74, 6) is 0.880. The number of rotatable bonds is 7. The number of ether oxygens (including phenoxy) is 1. The molecule has 0 aliphatic heterocycles. The summed E-state index contributed by atoms with van der Waals surface area (Å²) in [5, 5.41) is 12.9. The molecular weight excluding hydrogens is 440 g/mol. The van der Waals surface area contributed by atoms with E-state index in [4.69, 9.17) is 9.72 Å². The summed E-state index contributed by atoms with van der Waals surface area (Å²) >= 11 is 0. The molecule has 35 heavy (non-hydrogen) atoms. The number of hydrogen-bond acceptors (Lipinski definition) is 6. The van der Waals surface area contributed by atoms with Crippen LogP contribution in [0.1, 0.15) is 36.2 Å². The predicted octanol–water partition coefficient (Wildman–Crippen LogP) is 6.36. The van der Waals surface area contributed by atoms with Gasteiger partial charge in [-0.1, -0.05) is 12.1 Å². The van der Waals surface area contributed by atoms with E-state index in [2.05, 4.69) is 15.3 Å². The topological polar surface area (TPSA) is 97.2 Å². The first-order valence-corrected chi connectivity index (χ1v) is 11.3. The molecule has 0 amide bonds. The Bertz CT molecular complexity index is 1380. The Morgan fingerprint density at radius 3 is 2.49 bits per heavy atom. The van der Waals surface area contributed by atoms with Gasteiger partial charge in [-0.3, -0.25) is 9.78 Å². The van der Waals surface area contributed by atoms with Crippen LogP contribution in [-0.2, 0) is 10.2 Å². The lowest BCUT2D eigenvalue weighted by atomic mass is 9.84. The molecule has 3 heterocycles. The number of aromatic nitrogens is 3. The maximum absolute atomic E-state index is 11.7. The second-order valence-corrected chi connectivity index (χ2v) is 9.07. The van der Waals surface area contributed by atoms with Crippen molar-refractivity contribution in [3.05, 3.63) is 89.4 Å².